The van der Waals surface area contributed by atoms with Crippen molar-refractivity contribution in [1.29, 1.82) is 0 Å². The number of benzene rings is 1. The summed E-state index contributed by atoms with van der Waals surface area (Å²) in [4.78, 5) is 19.3. The minimum atomic E-state index is -4.52. The Kier molecular flexibility index (Phi) is 6.76. The highest BCUT2D eigenvalue weighted by atomic mass is 19.4. The van der Waals surface area contributed by atoms with Crippen molar-refractivity contribution in [3.63, 3.8) is 0 Å². The Morgan fingerprint density at radius 1 is 1.00 bits per heavy atom. The lowest BCUT2D eigenvalue weighted by atomic mass is 10.1. The van der Waals surface area contributed by atoms with Gasteiger partial charge >= 0.3 is 6.18 Å². The third kappa shape index (κ3) is 5.44. The van der Waals surface area contributed by atoms with Gasteiger partial charge in [0.05, 0.1) is 18.3 Å². The molecule has 35 heavy (non-hydrogen) atoms. The van der Waals surface area contributed by atoms with Gasteiger partial charge in [-0.2, -0.15) is 13.2 Å². The lowest BCUT2D eigenvalue weighted by Crippen LogP contribution is -2.19. The Morgan fingerprint density at radius 2 is 1.80 bits per heavy atom. The number of rotatable bonds is 7. The summed E-state index contributed by atoms with van der Waals surface area (Å²) >= 11 is 0. The van der Waals surface area contributed by atoms with Gasteiger partial charge in [-0.25, -0.2) is 19.2 Å². The average molecular weight is 491 g/mol. The van der Waals surface area contributed by atoms with Gasteiger partial charge in [0.2, 0.25) is 0 Å². The molecule has 0 aliphatic rings. The number of aromatic nitrogens is 3. The molecule has 0 radical (unpaired) electrons. The van der Waals surface area contributed by atoms with E-state index in [9.17, 15) is 26.7 Å². The van der Waals surface area contributed by atoms with E-state index < -0.39 is 29.4 Å². The molecule has 7 nitrogen and oxygen atoms in total. The Bertz CT molecular complexity index is 1370. The molecule has 4 rings (SSSR count). The van der Waals surface area contributed by atoms with Crippen LogP contribution in [-0.2, 0) is 25.8 Å². The maximum Gasteiger partial charge on any atom is 0.433 e. The quantitative estimate of drug-likeness (QED) is 0.205. The standard InChI is InChI=1S/C23H18F5N5O2/c24-16-3-2-14(18(25)5-16)11-33-12-15(17-6-19(22(34)32-35)30-10-20(17)33)9-29-7-13-1-4-21(31-8-13)23(26,27)28/h1-6,8,10,12,29,35H,7,9,11H2,(H,32,34). The highest BCUT2D eigenvalue weighted by molar-refractivity contribution is 5.96. The number of hydroxylamine groups is 1. The number of hydrogen-bond acceptors (Lipinski definition) is 5. The molecule has 0 spiro atoms. The van der Waals surface area contributed by atoms with E-state index in [1.165, 1.54) is 29.9 Å². The van der Waals surface area contributed by atoms with E-state index in [1.807, 2.05) is 0 Å². The van der Waals surface area contributed by atoms with Gasteiger partial charge < -0.3 is 9.88 Å². The number of carbonyl (C=O) groups excluding carboxylic acids is 1. The van der Waals surface area contributed by atoms with Gasteiger partial charge in [-0.3, -0.25) is 15.0 Å². The van der Waals surface area contributed by atoms with E-state index in [0.29, 0.717) is 22.0 Å². The summed E-state index contributed by atoms with van der Waals surface area (Å²) in [5.74, 6) is -2.24. The highest BCUT2D eigenvalue weighted by Crippen LogP contribution is 2.27. The molecule has 12 heteroatoms. The summed E-state index contributed by atoms with van der Waals surface area (Å²) in [5, 5.41) is 12.6. The molecule has 3 N–H and O–H groups in total. The van der Waals surface area contributed by atoms with E-state index in [1.54, 1.807) is 10.8 Å². The highest BCUT2D eigenvalue weighted by Gasteiger charge is 2.31. The predicted octanol–water partition coefficient (Wildman–Crippen LogP) is 4.19. The van der Waals surface area contributed by atoms with Crippen molar-refractivity contribution in [2.75, 3.05) is 0 Å². The Hall–Kier alpha value is -3.90. The van der Waals surface area contributed by atoms with Crippen LogP contribution >= 0.6 is 0 Å². The fourth-order valence-electron chi connectivity index (χ4n) is 3.59. The maximum atomic E-state index is 14.2. The Balaban J connectivity index is 1.59. The second-order valence-electron chi connectivity index (χ2n) is 7.70. The monoisotopic (exact) mass is 491 g/mol. The topological polar surface area (TPSA) is 92.1 Å². The van der Waals surface area contributed by atoms with Crippen molar-refractivity contribution in [3.8, 4) is 0 Å². The van der Waals surface area contributed by atoms with Gasteiger partial charge in [-0.1, -0.05) is 12.1 Å². The second-order valence-corrected chi connectivity index (χ2v) is 7.70. The number of nitrogens with one attached hydrogen (secondary N) is 2. The van der Waals surface area contributed by atoms with E-state index in [2.05, 4.69) is 15.3 Å². The zero-order chi connectivity index (χ0) is 25.2. The van der Waals surface area contributed by atoms with Crippen molar-refractivity contribution >= 4 is 16.8 Å². The van der Waals surface area contributed by atoms with Gasteiger partial charge in [0.25, 0.3) is 5.91 Å². The van der Waals surface area contributed by atoms with Crippen LogP contribution in [0, 0.1) is 11.6 Å². The molecule has 3 aromatic heterocycles. The summed E-state index contributed by atoms with van der Waals surface area (Å²) in [6.45, 7) is 0.499. The fourth-order valence-corrected chi connectivity index (χ4v) is 3.59. The van der Waals surface area contributed by atoms with Crippen LogP contribution in [0.3, 0.4) is 0 Å². The summed E-state index contributed by atoms with van der Waals surface area (Å²) in [7, 11) is 0. The van der Waals surface area contributed by atoms with E-state index in [-0.39, 0.29) is 30.9 Å². The van der Waals surface area contributed by atoms with Crippen LogP contribution < -0.4 is 10.8 Å². The maximum absolute atomic E-state index is 14.2. The zero-order valence-corrected chi connectivity index (χ0v) is 17.9. The lowest BCUT2D eigenvalue weighted by molar-refractivity contribution is -0.141. The van der Waals surface area contributed by atoms with Gasteiger partial charge in [-0.05, 0) is 29.3 Å². The molecular formula is C23H18F5N5O2. The first-order chi connectivity index (χ1) is 16.7. The Labute approximate surface area is 195 Å². The number of nitrogens with zero attached hydrogens (tertiary/aromatic N) is 3. The SMILES string of the molecule is O=C(NO)c1cc2c(CNCc3ccc(C(F)(F)F)nc3)cn(Cc3ccc(F)cc3F)c2cn1. The summed E-state index contributed by atoms with van der Waals surface area (Å²) in [6.07, 6.45) is -0.299. The van der Waals surface area contributed by atoms with Gasteiger partial charge in [0, 0.05) is 42.5 Å². The molecule has 1 aromatic carbocycles. The molecule has 0 aliphatic heterocycles. The minimum Gasteiger partial charge on any atom is -0.341 e. The number of carbonyl (C=O) groups is 1. The van der Waals surface area contributed by atoms with E-state index in [4.69, 9.17) is 5.21 Å². The van der Waals surface area contributed by atoms with Crippen LogP contribution in [0.25, 0.3) is 10.9 Å². The number of pyridine rings is 2. The zero-order valence-electron chi connectivity index (χ0n) is 17.9. The molecule has 4 aromatic rings. The summed E-state index contributed by atoms with van der Waals surface area (Å²) < 4.78 is 67.2. The van der Waals surface area contributed by atoms with Crippen LogP contribution in [0.1, 0.15) is 32.9 Å². The molecular weight excluding hydrogens is 473 g/mol. The second kappa shape index (κ2) is 9.76. The molecule has 3 heterocycles. The molecule has 0 aliphatic carbocycles. The molecule has 0 saturated heterocycles. The van der Waals surface area contributed by atoms with Gasteiger partial charge in [0.1, 0.15) is 23.0 Å². The van der Waals surface area contributed by atoms with E-state index >= 15 is 0 Å². The molecule has 0 atom stereocenters. The van der Waals surface area contributed by atoms with Gasteiger partial charge in [-0.15, -0.1) is 0 Å². The van der Waals surface area contributed by atoms with Crippen molar-refractivity contribution < 1.29 is 32.0 Å². The first-order valence-corrected chi connectivity index (χ1v) is 10.2. The first-order valence-electron chi connectivity index (χ1n) is 10.2. The third-order valence-corrected chi connectivity index (χ3v) is 5.30. The number of amides is 1. The summed E-state index contributed by atoms with van der Waals surface area (Å²) in [6, 6.07) is 6.92. The number of hydrogen-bond donors (Lipinski definition) is 3. The van der Waals surface area contributed by atoms with Crippen molar-refractivity contribution in [2.24, 2.45) is 0 Å². The number of fused-ring (bicyclic) bond motifs is 1. The van der Waals surface area contributed by atoms with E-state index in [0.717, 1.165) is 24.4 Å². The van der Waals surface area contributed by atoms with Crippen LogP contribution in [0.2, 0.25) is 0 Å². The summed E-state index contributed by atoms with van der Waals surface area (Å²) in [5.41, 5.74) is 2.45. The number of halogens is 5. The number of alkyl halides is 3. The Morgan fingerprint density at radius 3 is 2.46 bits per heavy atom. The average Bonchev–Trinajstić information content (AvgIpc) is 3.16. The lowest BCUT2D eigenvalue weighted by Gasteiger charge is -2.07. The normalized spacial score (nSPS) is 11.7. The largest absolute Gasteiger partial charge is 0.433 e. The molecule has 0 bridgehead atoms. The van der Waals surface area contributed by atoms with Crippen LogP contribution in [0.15, 0.2) is 55.0 Å². The van der Waals surface area contributed by atoms with Crippen LogP contribution in [-0.4, -0.2) is 25.6 Å². The molecule has 182 valence electrons. The first kappa shape index (κ1) is 24.2. The predicted molar refractivity (Wildman–Crippen MR) is 114 cm³/mol. The van der Waals surface area contributed by atoms with Gasteiger partial charge in [0.15, 0.2) is 0 Å². The van der Waals surface area contributed by atoms with Crippen molar-refractivity contribution in [3.05, 3.63) is 94.7 Å². The minimum absolute atomic E-state index is 0.0542. The molecule has 1 amide bonds. The smallest absolute Gasteiger partial charge is 0.341 e. The fraction of sp³-hybridized carbons (Fsp3) is 0.174. The molecule has 0 unspecified atom stereocenters. The van der Waals surface area contributed by atoms with Crippen LogP contribution in [0.5, 0.6) is 0 Å². The molecule has 0 fully saturated rings. The molecule has 0 saturated carbocycles. The van der Waals surface area contributed by atoms with Crippen molar-refractivity contribution in [1.82, 2.24) is 25.3 Å². The van der Waals surface area contributed by atoms with Crippen LogP contribution in [0.4, 0.5) is 22.0 Å². The van der Waals surface area contributed by atoms with Crippen molar-refractivity contribution in [2.45, 2.75) is 25.8 Å². The third-order valence-electron chi connectivity index (χ3n) is 5.30.